The van der Waals surface area contributed by atoms with E-state index >= 15 is 0 Å². The van der Waals surface area contributed by atoms with Crippen LogP contribution in [0.1, 0.15) is 15.9 Å². The lowest BCUT2D eigenvalue weighted by Gasteiger charge is -2.16. The van der Waals surface area contributed by atoms with Crippen LogP contribution >= 0.6 is 0 Å². The van der Waals surface area contributed by atoms with Crippen molar-refractivity contribution < 1.29 is 4.79 Å². The van der Waals surface area contributed by atoms with E-state index in [0.29, 0.717) is 11.1 Å². The Morgan fingerprint density at radius 2 is 1.79 bits per heavy atom. The number of ketones is 1. The molecular formula is C16H8N2O. The number of hydrogen-bond donors (Lipinski definition) is 0. The van der Waals surface area contributed by atoms with Gasteiger partial charge in [-0.25, -0.2) is 0 Å². The third kappa shape index (κ3) is 1.46. The maximum absolute atomic E-state index is 12.4. The maximum atomic E-state index is 12.4. The summed E-state index contributed by atoms with van der Waals surface area (Å²) in [5.41, 5.74) is 2.95. The Balaban J connectivity index is 2.26. The smallest absolute Gasteiger partial charge is 0.175 e. The summed E-state index contributed by atoms with van der Waals surface area (Å²) >= 11 is 0. The number of allylic oxidation sites excluding steroid dienone is 6. The molecule has 2 aliphatic rings. The van der Waals surface area contributed by atoms with E-state index in [9.17, 15) is 4.79 Å². The third-order valence-corrected chi connectivity index (χ3v) is 3.45. The molecule has 0 aromatic heterocycles. The first-order valence-electron chi connectivity index (χ1n) is 5.84. The van der Waals surface area contributed by atoms with Crippen molar-refractivity contribution in [1.29, 1.82) is 10.5 Å². The van der Waals surface area contributed by atoms with E-state index in [1.54, 1.807) is 18.2 Å². The lowest BCUT2D eigenvalue weighted by atomic mass is 9.84. The molecule has 1 aromatic rings. The first kappa shape index (κ1) is 11.2. The van der Waals surface area contributed by atoms with Crippen LogP contribution in [0.5, 0.6) is 0 Å². The van der Waals surface area contributed by atoms with Crippen molar-refractivity contribution in [2.24, 2.45) is 5.92 Å². The van der Waals surface area contributed by atoms with Crippen LogP contribution in [-0.4, -0.2) is 5.78 Å². The number of nitriles is 2. The van der Waals surface area contributed by atoms with Crippen LogP contribution in [0.15, 0.2) is 53.6 Å². The standard InChI is InChI=1S/C16H8N2O/c17-8-10(9-18)11-6-3-7-13-12-4-1-2-5-14(12)16(19)15(11)13/h1-7,15H. The second-order valence-corrected chi connectivity index (χ2v) is 4.38. The molecule has 1 atom stereocenters. The Bertz CT molecular complexity index is 751. The molecule has 19 heavy (non-hydrogen) atoms. The molecule has 0 saturated carbocycles. The third-order valence-electron chi connectivity index (χ3n) is 3.45. The molecule has 0 radical (unpaired) electrons. The highest BCUT2D eigenvalue weighted by atomic mass is 16.1. The van der Waals surface area contributed by atoms with E-state index in [4.69, 9.17) is 10.5 Å². The lowest BCUT2D eigenvalue weighted by Crippen LogP contribution is -2.13. The molecule has 0 aliphatic heterocycles. The summed E-state index contributed by atoms with van der Waals surface area (Å²) in [5, 5.41) is 18.0. The first-order chi connectivity index (χ1) is 9.27. The monoisotopic (exact) mass is 244 g/mol. The van der Waals surface area contributed by atoms with E-state index in [1.165, 1.54) is 0 Å². The second kappa shape index (κ2) is 4.08. The largest absolute Gasteiger partial charge is 0.293 e. The molecule has 3 rings (SSSR count). The van der Waals surface area contributed by atoms with Crippen molar-refractivity contribution in [3.05, 3.63) is 64.8 Å². The molecule has 0 amide bonds. The zero-order valence-corrected chi connectivity index (χ0v) is 9.92. The molecular weight excluding hydrogens is 236 g/mol. The number of fused-ring (bicyclic) bond motifs is 3. The van der Waals surface area contributed by atoms with Crippen molar-refractivity contribution in [2.75, 3.05) is 0 Å². The topological polar surface area (TPSA) is 64.7 Å². The van der Waals surface area contributed by atoms with E-state index in [1.807, 2.05) is 36.4 Å². The fourth-order valence-corrected chi connectivity index (χ4v) is 2.63. The summed E-state index contributed by atoms with van der Waals surface area (Å²) in [4.78, 5) is 12.4. The minimum Gasteiger partial charge on any atom is -0.293 e. The number of benzene rings is 1. The zero-order chi connectivity index (χ0) is 13.4. The molecule has 2 aliphatic carbocycles. The summed E-state index contributed by atoms with van der Waals surface area (Å²) in [7, 11) is 0. The van der Waals surface area contributed by atoms with Crippen molar-refractivity contribution in [3.8, 4) is 12.1 Å². The van der Waals surface area contributed by atoms with Gasteiger partial charge in [-0.15, -0.1) is 0 Å². The molecule has 0 saturated heterocycles. The summed E-state index contributed by atoms with van der Waals surface area (Å²) in [5.74, 6) is -0.541. The van der Waals surface area contributed by atoms with Crippen molar-refractivity contribution >= 4 is 11.4 Å². The number of Topliss-reactive ketones (excluding diaryl/α,β-unsaturated/α-hetero) is 1. The van der Waals surface area contributed by atoms with Crippen molar-refractivity contribution in [3.63, 3.8) is 0 Å². The van der Waals surface area contributed by atoms with E-state index in [-0.39, 0.29) is 11.4 Å². The van der Waals surface area contributed by atoms with Gasteiger partial charge in [-0.1, -0.05) is 42.5 Å². The molecule has 1 aromatic carbocycles. The Morgan fingerprint density at radius 1 is 1.11 bits per heavy atom. The molecule has 0 heterocycles. The molecule has 3 nitrogen and oxygen atoms in total. The molecule has 0 spiro atoms. The van der Waals surface area contributed by atoms with E-state index in [2.05, 4.69) is 0 Å². The van der Waals surface area contributed by atoms with Gasteiger partial charge >= 0.3 is 0 Å². The number of nitrogens with zero attached hydrogens (tertiary/aromatic N) is 2. The Labute approximate surface area is 110 Å². The molecule has 88 valence electrons. The molecule has 3 heteroatoms. The first-order valence-corrected chi connectivity index (χ1v) is 5.84. The SMILES string of the molecule is N#CC(C#N)=C1C=CC=C2c3ccccc3C(=O)C21. The fraction of sp³-hybridized carbons (Fsp3) is 0.0625. The maximum Gasteiger partial charge on any atom is 0.175 e. The highest BCUT2D eigenvalue weighted by Crippen LogP contribution is 2.43. The van der Waals surface area contributed by atoms with Crippen LogP contribution in [0.3, 0.4) is 0 Å². The van der Waals surface area contributed by atoms with Gasteiger partial charge in [0.15, 0.2) is 5.78 Å². The summed E-state index contributed by atoms with van der Waals surface area (Å²) in [6.07, 6.45) is 5.34. The van der Waals surface area contributed by atoms with Crippen LogP contribution in [-0.2, 0) is 0 Å². The number of hydrogen-bond acceptors (Lipinski definition) is 3. The van der Waals surface area contributed by atoms with Crippen molar-refractivity contribution in [1.82, 2.24) is 0 Å². The Morgan fingerprint density at radius 3 is 2.47 bits per heavy atom. The van der Waals surface area contributed by atoms with Crippen LogP contribution < -0.4 is 0 Å². The van der Waals surface area contributed by atoms with Gasteiger partial charge in [0, 0.05) is 5.56 Å². The van der Waals surface area contributed by atoms with Gasteiger partial charge in [-0.2, -0.15) is 10.5 Å². The van der Waals surface area contributed by atoms with Crippen molar-refractivity contribution in [2.45, 2.75) is 0 Å². The number of rotatable bonds is 0. The van der Waals surface area contributed by atoms with Gasteiger partial charge < -0.3 is 0 Å². The van der Waals surface area contributed by atoms with Gasteiger partial charge in [0.05, 0.1) is 5.92 Å². The highest BCUT2D eigenvalue weighted by molar-refractivity contribution is 6.16. The van der Waals surface area contributed by atoms with E-state index in [0.717, 1.165) is 11.1 Å². The normalized spacial score (nSPS) is 19.1. The van der Waals surface area contributed by atoms with Crippen LogP contribution in [0.2, 0.25) is 0 Å². The predicted octanol–water partition coefficient (Wildman–Crippen LogP) is 2.80. The number of carbonyl (C=O) groups is 1. The van der Waals surface area contributed by atoms with Crippen LogP contribution in [0.25, 0.3) is 5.57 Å². The van der Waals surface area contributed by atoms with Gasteiger partial charge in [-0.05, 0) is 16.7 Å². The Kier molecular flexibility index (Phi) is 2.41. The van der Waals surface area contributed by atoms with Gasteiger partial charge in [-0.3, -0.25) is 4.79 Å². The molecule has 1 unspecified atom stereocenters. The molecule has 0 fully saturated rings. The minimum atomic E-state index is -0.503. The fourth-order valence-electron chi connectivity index (χ4n) is 2.63. The van der Waals surface area contributed by atoms with Crippen LogP contribution in [0.4, 0.5) is 0 Å². The summed E-state index contributed by atoms with van der Waals surface area (Å²) in [6.45, 7) is 0. The molecule has 0 N–H and O–H groups in total. The second-order valence-electron chi connectivity index (χ2n) is 4.38. The number of carbonyl (C=O) groups excluding carboxylic acids is 1. The minimum absolute atomic E-state index is 0.00741. The zero-order valence-electron chi connectivity index (χ0n) is 9.92. The summed E-state index contributed by atoms with van der Waals surface area (Å²) in [6, 6.07) is 11.1. The summed E-state index contributed by atoms with van der Waals surface area (Å²) < 4.78 is 0. The lowest BCUT2D eigenvalue weighted by molar-refractivity contribution is 0.0973. The predicted molar refractivity (Wildman–Crippen MR) is 69.6 cm³/mol. The van der Waals surface area contributed by atoms with E-state index < -0.39 is 5.92 Å². The van der Waals surface area contributed by atoms with Gasteiger partial charge in [0.2, 0.25) is 0 Å². The molecule has 0 bridgehead atoms. The quantitative estimate of drug-likeness (QED) is 0.659. The van der Waals surface area contributed by atoms with Gasteiger partial charge in [0.25, 0.3) is 0 Å². The Hall–Kier alpha value is -2.91. The average Bonchev–Trinajstić information content (AvgIpc) is 2.75. The van der Waals surface area contributed by atoms with Gasteiger partial charge in [0.1, 0.15) is 17.7 Å². The average molecular weight is 244 g/mol. The highest BCUT2D eigenvalue weighted by Gasteiger charge is 2.38. The van der Waals surface area contributed by atoms with Crippen LogP contribution in [0, 0.1) is 28.6 Å².